The van der Waals surface area contributed by atoms with E-state index in [1.807, 2.05) is 47.9 Å². The number of hydrogen-bond acceptors (Lipinski definition) is 4. The molecule has 0 atom stereocenters. The Hall–Kier alpha value is -3.02. The first-order valence-corrected chi connectivity index (χ1v) is 7.91. The van der Waals surface area contributed by atoms with Crippen molar-refractivity contribution < 1.29 is 0 Å². The van der Waals surface area contributed by atoms with Crippen LogP contribution in [-0.4, -0.2) is 19.6 Å². The average molecular weight is 320 g/mol. The van der Waals surface area contributed by atoms with Gasteiger partial charge < -0.3 is 11.1 Å². The molecule has 4 aromatic rings. The lowest BCUT2D eigenvalue weighted by Crippen LogP contribution is -2.10. The Morgan fingerprint density at radius 3 is 2.88 bits per heavy atom. The van der Waals surface area contributed by atoms with Crippen LogP contribution in [-0.2, 0) is 13.7 Å². The van der Waals surface area contributed by atoms with Gasteiger partial charge in [-0.3, -0.25) is 4.68 Å². The number of rotatable bonds is 3. The number of nitrogen functional groups attached to an aromatic ring is 1. The molecule has 2 aromatic heterocycles. The van der Waals surface area contributed by atoms with Crippen LogP contribution in [0.25, 0.3) is 21.8 Å². The molecule has 0 amide bonds. The second-order valence-electron chi connectivity index (χ2n) is 6.22. The second kappa shape index (κ2) is 5.26. The van der Waals surface area contributed by atoms with Crippen molar-refractivity contribution in [2.24, 2.45) is 7.05 Å². The summed E-state index contributed by atoms with van der Waals surface area (Å²) < 4.78 is 3.80. The SMILES string of the molecule is Cc1cc2c(cnn2CNc2ccc3nn(C)cc3c2C)cc1N. The number of aryl methyl sites for hydroxylation is 3. The fourth-order valence-corrected chi connectivity index (χ4v) is 3.08. The molecule has 0 saturated carbocycles. The Kier molecular flexibility index (Phi) is 3.19. The molecule has 2 heterocycles. The van der Waals surface area contributed by atoms with E-state index in [1.165, 1.54) is 5.56 Å². The van der Waals surface area contributed by atoms with Gasteiger partial charge in [0.05, 0.1) is 17.2 Å². The van der Waals surface area contributed by atoms with E-state index in [9.17, 15) is 0 Å². The van der Waals surface area contributed by atoms with E-state index in [4.69, 9.17) is 5.73 Å². The van der Waals surface area contributed by atoms with Gasteiger partial charge in [-0.1, -0.05) is 0 Å². The smallest absolute Gasteiger partial charge is 0.110 e. The zero-order chi connectivity index (χ0) is 16.8. The quantitative estimate of drug-likeness (QED) is 0.569. The summed E-state index contributed by atoms with van der Waals surface area (Å²) in [5, 5.41) is 14.6. The first-order chi connectivity index (χ1) is 11.5. The van der Waals surface area contributed by atoms with Crippen molar-refractivity contribution in [3.05, 3.63) is 47.8 Å². The van der Waals surface area contributed by atoms with E-state index in [0.29, 0.717) is 6.67 Å². The van der Waals surface area contributed by atoms with Crippen molar-refractivity contribution >= 4 is 33.2 Å². The molecule has 0 aliphatic rings. The number of hydrogen-bond donors (Lipinski definition) is 2. The summed E-state index contributed by atoms with van der Waals surface area (Å²) in [4.78, 5) is 0. The number of aromatic nitrogens is 4. The summed E-state index contributed by atoms with van der Waals surface area (Å²) in [7, 11) is 1.94. The topological polar surface area (TPSA) is 73.7 Å². The number of benzene rings is 2. The molecule has 0 aliphatic carbocycles. The van der Waals surface area contributed by atoms with Crippen molar-refractivity contribution in [2.45, 2.75) is 20.5 Å². The number of anilines is 2. The van der Waals surface area contributed by atoms with Crippen molar-refractivity contribution in [2.75, 3.05) is 11.1 Å². The van der Waals surface area contributed by atoms with Gasteiger partial charge in [0.25, 0.3) is 0 Å². The maximum Gasteiger partial charge on any atom is 0.110 e. The monoisotopic (exact) mass is 320 g/mol. The zero-order valence-electron chi connectivity index (χ0n) is 14.0. The lowest BCUT2D eigenvalue weighted by atomic mass is 10.1. The maximum atomic E-state index is 5.97. The molecule has 24 heavy (non-hydrogen) atoms. The number of fused-ring (bicyclic) bond motifs is 2. The predicted molar refractivity (Wildman–Crippen MR) is 98.0 cm³/mol. The second-order valence-corrected chi connectivity index (χ2v) is 6.22. The van der Waals surface area contributed by atoms with E-state index in [2.05, 4.69) is 34.6 Å². The van der Waals surface area contributed by atoms with Gasteiger partial charge in [0, 0.05) is 35.4 Å². The van der Waals surface area contributed by atoms with Gasteiger partial charge in [-0.05, 0) is 49.2 Å². The van der Waals surface area contributed by atoms with Crippen LogP contribution >= 0.6 is 0 Å². The fourth-order valence-electron chi connectivity index (χ4n) is 3.08. The van der Waals surface area contributed by atoms with Gasteiger partial charge in [0.15, 0.2) is 0 Å². The van der Waals surface area contributed by atoms with Crippen LogP contribution in [0.4, 0.5) is 11.4 Å². The number of nitrogens with zero attached hydrogens (tertiary/aromatic N) is 4. The predicted octanol–water partition coefficient (Wildman–Crippen LogP) is 3.19. The Morgan fingerprint density at radius 1 is 1.21 bits per heavy atom. The molecule has 0 spiro atoms. The molecule has 3 N–H and O–H groups in total. The highest BCUT2D eigenvalue weighted by molar-refractivity contribution is 5.87. The van der Waals surface area contributed by atoms with Gasteiger partial charge in [-0.25, -0.2) is 4.68 Å². The third kappa shape index (κ3) is 2.27. The highest BCUT2D eigenvalue weighted by Crippen LogP contribution is 2.25. The molecular weight excluding hydrogens is 300 g/mol. The molecule has 0 unspecified atom stereocenters. The van der Waals surface area contributed by atoms with Crippen molar-refractivity contribution in [1.29, 1.82) is 0 Å². The third-order valence-electron chi connectivity index (χ3n) is 4.52. The Balaban J connectivity index is 1.65. The van der Waals surface area contributed by atoms with Crippen molar-refractivity contribution in [3.63, 3.8) is 0 Å². The summed E-state index contributed by atoms with van der Waals surface area (Å²) in [5.41, 5.74) is 12.2. The van der Waals surface area contributed by atoms with Crippen LogP contribution < -0.4 is 11.1 Å². The van der Waals surface area contributed by atoms with Gasteiger partial charge in [0.1, 0.15) is 6.67 Å². The summed E-state index contributed by atoms with van der Waals surface area (Å²) in [6.45, 7) is 4.72. The van der Waals surface area contributed by atoms with Crippen LogP contribution in [0.5, 0.6) is 0 Å². The molecule has 0 saturated heterocycles. The molecule has 0 fully saturated rings. The molecule has 6 nitrogen and oxygen atoms in total. The summed E-state index contributed by atoms with van der Waals surface area (Å²) in [6.07, 6.45) is 3.90. The summed E-state index contributed by atoms with van der Waals surface area (Å²) in [5.74, 6) is 0. The first kappa shape index (κ1) is 14.6. The van der Waals surface area contributed by atoms with E-state index in [0.717, 1.165) is 38.7 Å². The van der Waals surface area contributed by atoms with Crippen LogP contribution in [0.3, 0.4) is 0 Å². The maximum absolute atomic E-state index is 5.97. The van der Waals surface area contributed by atoms with Crippen LogP contribution in [0.15, 0.2) is 36.7 Å². The average Bonchev–Trinajstić information content (AvgIpc) is 3.11. The molecule has 0 aliphatic heterocycles. The van der Waals surface area contributed by atoms with Crippen LogP contribution in [0.2, 0.25) is 0 Å². The van der Waals surface area contributed by atoms with Crippen LogP contribution in [0.1, 0.15) is 11.1 Å². The van der Waals surface area contributed by atoms with Gasteiger partial charge in [-0.15, -0.1) is 0 Å². The number of nitrogens with one attached hydrogen (secondary N) is 1. The van der Waals surface area contributed by atoms with Crippen molar-refractivity contribution in [3.8, 4) is 0 Å². The highest BCUT2D eigenvalue weighted by atomic mass is 15.3. The summed E-state index contributed by atoms with van der Waals surface area (Å²) in [6, 6.07) is 8.16. The Morgan fingerprint density at radius 2 is 2.04 bits per heavy atom. The Bertz CT molecular complexity index is 1060. The summed E-state index contributed by atoms with van der Waals surface area (Å²) >= 11 is 0. The molecular formula is C18H20N6. The van der Waals surface area contributed by atoms with E-state index < -0.39 is 0 Å². The molecule has 0 bridgehead atoms. The van der Waals surface area contributed by atoms with E-state index >= 15 is 0 Å². The first-order valence-electron chi connectivity index (χ1n) is 7.91. The van der Waals surface area contributed by atoms with Crippen LogP contribution in [0, 0.1) is 13.8 Å². The third-order valence-corrected chi connectivity index (χ3v) is 4.52. The largest absolute Gasteiger partial charge is 0.398 e. The zero-order valence-corrected chi connectivity index (χ0v) is 14.0. The minimum atomic E-state index is 0.597. The normalized spacial score (nSPS) is 11.5. The fraction of sp³-hybridized carbons (Fsp3) is 0.222. The van der Waals surface area contributed by atoms with E-state index in [-0.39, 0.29) is 0 Å². The minimum absolute atomic E-state index is 0.597. The molecule has 2 aromatic carbocycles. The molecule has 0 radical (unpaired) electrons. The van der Waals surface area contributed by atoms with Gasteiger partial charge >= 0.3 is 0 Å². The van der Waals surface area contributed by atoms with Gasteiger partial charge in [0.2, 0.25) is 0 Å². The highest BCUT2D eigenvalue weighted by Gasteiger charge is 2.08. The van der Waals surface area contributed by atoms with E-state index in [1.54, 1.807) is 0 Å². The lowest BCUT2D eigenvalue weighted by molar-refractivity contribution is 0.694. The minimum Gasteiger partial charge on any atom is -0.398 e. The Labute approximate surface area is 139 Å². The molecule has 4 rings (SSSR count). The standard InChI is InChI=1S/C18H20N6/c1-11-6-18-13(7-15(11)19)8-21-24(18)10-20-16-4-5-17-14(12(16)2)9-23(3)22-17/h4-9,20H,10,19H2,1-3H3. The number of nitrogens with two attached hydrogens (primary N) is 1. The molecule has 6 heteroatoms. The van der Waals surface area contributed by atoms with Crippen molar-refractivity contribution in [1.82, 2.24) is 19.6 Å². The lowest BCUT2D eigenvalue weighted by Gasteiger charge is -2.11. The molecule has 122 valence electrons. The van der Waals surface area contributed by atoms with Gasteiger partial charge in [-0.2, -0.15) is 10.2 Å².